The van der Waals surface area contributed by atoms with Crippen molar-refractivity contribution in [3.8, 4) is 0 Å². The van der Waals surface area contributed by atoms with Crippen LogP contribution in [0.5, 0.6) is 0 Å². The molecule has 0 spiro atoms. The van der Waals surface area contributed by atoms with Gasteiger partial charge in [-0.1, -0.05) is 48.5 Å². The maximum Gasteiger partial charge on any atom is 0.325 e. The Morgan fingerprint density at radius 3 is 1.70 bits per heavy atom. The average Bonchev–Trinajstić information content (AvgIpc) is 1.62. The van der Waals surface area contributed by atoms with Crippen molar-refractivity contribution in [3.63, 3.8) is 0 Å². The Labute approximate surface area is 593 Å². The summed E-state index contributed by atoms with van der Waals surface area (Å²) in [6, 6.07) is -5.36. The number of carboxylic acid groups (broad SMARTS) is 1. The van der Waals surface area contributed by atoms with E-state index in [4.69, 9.17) is 17.2 Å². The van der Waals surface area contributed by atoms with Crippen molar-refractivity contribution >= 4 is 124 Å². The van der Waals surface area contributed by atoms with Crippen LogP contribution < -0.4 is 75.7 Å². The number of nitrogens with two attached hydrogens (primary N) is 3. The van der Waals surface area contributed by atoms with Gasteiger partial charge in [-0.2, -0.15) is 24.4 Å². The molecule has 0 saturated carbocycles. The second kappa shape index (κ2) is 40.3. The average molecular weight is 1470 g/mol. The number of fused-ring (bicyclic) bond motifs is 1. The first kappa shape index (κ1) is 82.4. The highest BCUT2D eigenvalue weighted by Gasteiger charge is 2.42. The van der Waals surface area contributed by atoms with Crippen molar-refractivity contribution in [1.29, 1.82) is 0 Å². The van der Waals surface area contributed by atoms with Crippen molar-refractivity contribution in [3.05, 3.63) is 90.1 Å². The van der Waals surface area contributed by atoms with Gasteiger partial charge in [-0.3, -0.25) is 71.9 Å². The van der Waals surface area contributed by atoms with E-state index in [0.717, 1.165) is 13.8 Å². The lowest BCUT2D eigenvalue weighted by atomic mass is 10.0. The first-order valence-corrected chi connectivity index (χ1v) is 34.2. The van der Waals surface area contributed by atoms with Crippen molar-refractivity contribution in [1.82, 2.24) is 78.3 Å². The number of aliphatic carboxylic acids is 1. The maximum absolute atomic E-state index is 14.5. The Kier molecular flexibility index (Phi) is 32.6. The summed E-state index contributed by atoms with van der Waals surface area (Å²) in [7, 11) is 0. The molecule has 1 saturated heterocycles. The molecule has 3 heterocycles. The van der Waals surface area contributed by atoms with Gasteiger partial charge >= 0.3 is 5.97 Å². The minimum absolute atomic E-state index is 0.0304. The number of likely N-dealkylation sites (tertiary alicyclic amines) is 1. The Morgan fingerprint density at radius 2 is 1.11 bits per heavy atom. The zero-order chi connectivity index (χ0) is 75.5. The van der Waals surface area contributed by atoms with E-state index in [0.29, 0.717) is 39.9 Å². The van der Waals surface area contributed by atoms with Crippen LogP contribution in [0.2, 0.25) is 0 Å². The van der Waals surface area contributed by atoms with Crippen molar-refractivity contribution < 1.29 is 92.3 Å². The van der Waals surface area contributed by atoms with Gasteiger partial charge in [0.2, 0.25) is 82.7 Å². The van der Waals surface area contributed by atoms with E-state index in [1.807, 2.05) is 11.6 Å². The zero-order valence-corrected chi connectivity index (χ0v) is 57.8. The molecule has 2 aromatic carbocycles. The quantitative estimate of drug-likeness (QED) is 0.0184. The lowest BCUT2D eigenvalue weighted by Gasteiger charge is -2.30. The second-order valence-corrected chi connectivity index (χ2v) is 25.4. The lowest BCUT2D eigenvalue weighted by Crippen LogP contribution is -2.62. The number of hydrogen-bond acceptors (Lipinski definition) is 22. The predicted octanol–water partition coefficient (Wildman–Crippen LogP) is -7.51. The number of nitrogens with one attached hydrogen (secondary N) is 13. The monoisotopic (exact) mass is 1460 g/mol. The molecule has 39 heteroatoms. The molecule has 1 aliphatic heterocycles. The van der Waals surface area contributed by atoms with Gasteiger partial charge in [0.25, 0.3) is 0 Å². The first-order valence-electron chi connectivity index (χ1n) is 32.2. The summed E-state index contributed by atoms with van der Waals surface area (Å²) in [5.74, 6) is -16.0. The summed E-state index contributed by atoms with van der Waals surface area (Å²) in [6.07, 6.45) is 2.57. The number of carboxylic acids is 1. The summed E-state index contributed by atoms with van der Waals surface area (Å²) in [6.45, 7) is 1.20. The zero-order valence-electron chi connectivity index (χ0n) is 56.1. The number of imidazole rings is 1. The molecule has 0 aliphatic carbocycles. The molecule has 37 nitrogen and oxygen atoms in total. The van der Waals surface area contributed by atoms with Crippen LogP contribution in [0, 0.1) is 0 Å². The fourth-order valence-electron chi connectivity index (χ4n) is 10.5. The molecule has 14 atom stereocenters. The maximum atomic E-state index is 14.5. The number of amides is 14. The molecule has 23 N–H and O–H groups in total. The van der Waals surface area contributed by atoms with Gasteiger partial charge in [-0.15, -0.1) is 0 Å². The lowest BCUT2D eigenvalue weighted by molar-refractivity contribution is -0.143. The number of carbonyl (C=O) groups excluding carboxylic acids is 14. The molecule has 556 valence electrons. The summed E-state index contributed by atoms with van der Waals surface area (Å²) < 4.78 is 0. The molecule has 4 aromatic rings. The molecular formula is C63H88N18O19S2. The van der Waals surface area contributed by atoms with E-state index < -0.39 is 205 Å². The number of benzene rings is 2. The molecule has 1 fully saturated rings. The van der Waals surface area contributed by atoms with Crippen molar-refractivity contribution in [2.24, 2.45) is 17.2 Å². The van der Waals surface area contributed by atoms with Gasteiger partial charge in [0.05, 0.1) is 44.5 Å². The van der Waals surface area contributed by atoms with Crippen LogP contribution in [-0.2, 0) is 91.2 Å². The van der Waals surface area contributed by atoms with Crippen LogP contribution in [0.1, 0.15) is 69.7 Å². The van der Waals surface area contributed by atoms with E-state index in [2.05, 4.69) is 80.7 Å². The van der Waals surface area contributed by atoms with E-state index in [1.54, 1.807) is 54.6 Å². The number of nitrogens with zero attached hydrogens (tertiary/aromatic N) is 2. The van der Waals surface area contributed by atoms with Crippen LogP contribution >= 0.6 is 24.4 Å². The van der Waals surface area contributed by atoms with Crippen molar-refractivity contribution in [2.45, 2.75) is 157 Å². The highest BCUT2D eigenvalue weighted by molar-refractivity contribution is 7.98. The normalized spacial score (nSPS) is 16.5. The van der Waals surface area contributed by atoms with Crippen LogP contribution in [0.4, 0.5) is 0 Å². The summed E-state index contributed by atoms with van der Waals surface area (Å²) in [4.78, 5) is 213. The fourth-order valence-corrected chi connectivity index (χ4v) is 11.2. The third-order valence-corrected chi connectivity index (χ3v) is 17.1. The highest BCUT2D eigenvalue weighted by atomic mass is 32.2. The number of thiol groups is 1. The van der Waals surface area contributed by atoms with E-state index >= 15 is 0 Å². The Morgan fingerprint density at radius 1 is 0.598 bits per heavy atom. The minimum atomic E-state index is -1.96. The van der Waals surface area contributed by atoms with Crippen LogP contribution in [-0.4, -0.2) is 251 Å². The van der Waals surface area contributed by atoms with Gasteiger partial charge in [-0.05, 0) is 69.2 Å². The molecule has 102 heavy (non-hydrogen) atoms. The molecular weight excluding hydrogens is 1380 g/mol. The summed E-state index contributed by atoms with van der Waals surface area (Å²) in [5, 5.41) is 66.6. The van der Waals surface area contributed by atoms with E-state index in [1.165, 1.54) is 42.3 Å². The second-order valence-electron chi connectivity index (χ2n) is 24.0. The van der Waals surface area contributed by atoms with Gasteiger partial charge < -0.3 is 111 Å². The Balaban J connectivity index is 1.30. The SMILES string of the molecule is CSCC[C@H](N)C(=O)N[C@@H](CC(N)=O)C(=O)N1CCC[C@H]1C(=O)N[C@@H](Cc1ccccc1)C(=O)N[C@@H](Cc1cnc[nH]1)C(=O)N[C@@H](C)C(=O)N[C@@H](CO)C(=O)N[C@@H](CS)C(=O)N[C@@H](Cc1c[nH]c2ccccc12)C(=O)N[C@@H](CC(N)=O)C(=O)N[C@H](C(=O)N[C@@H](CO)C(=O)N[C@@H](C)C(=O)O)[C@@H](C)O. The van der Waals surface area contributed by atoms with Crippen LogP contribution in [0.15, 0.2) is 73.3 Å². The van der Waals surface area contributed by atoms with Gasteiger partial charge in [-0.25, -0.2) is 4.98 Å². The number of aromatic amines is 2. The molecule has 5 rings (SSSR count). The van der Waals surface area contributed by atoms with Gasteiger partial charge in [0.1, 0.15) is 72.5 Å². The Hall–Kier alpha value is -10.2. The van der Waals surface area contributed by atoms with Crippen molar-refractivity contribution in [2.75, 3.05) is 37.5 Å². The molecule has 0 radical (unpaired) electrons. The number of aliphatic hydroxyl groups is 3. The molecule has 14 amide bonds. The number of aliphatic hydroxyl groups excluding tert-OH is 3. The summed E-state index contributed by atoms with van der Waals surface area (Å²) in [5.41, 5.74) is 18.9. The number of para-hydroxylation sites is 1. The Bertz CT molecular complexity index is 3620. The van der Waals surface area contributed by atoms with Crippen LogP contribution in [0.25, 0.3) is 10.9 Å². The first-order chi connectivity index (χ1) is 48.4. The van der Waals surface area contributed by atoms with E-state index in [-0.39, 0.29) is 38.6 Å². The molecule has 1 aliphatic rings. The molecule has 2 aromatic heterocycles. The summed E-state index contributed by atoms with van der Waals surface area (Å²) >= 11 is 5.67. The third-order valence-electron chi connectivity index (χ3n) is 16.1. The topological polar surface area (TPSA) is 595 Å². The fraction of sp³-hybridized carbons (Fsp3) is 0.492. The number of thioether (sulfide) groups is 1. The predicted molar refractivity (Wildman–Crippen MR) is 368 cm³/mol. The number of aromatic nitrogens is 3. The smallest absolute Gasteiger partial charge is 0.325 e. The van der Waals surface area contributed by atoms with Gasteiger partial charge in [0.15, 0.2) is 0 Å². The standard InChI is InChI=1S/C63H88N18O19S2/c1-30(70-53(89)41(21-35-25-67-29-69-35)73-54(90)39(19-33-11-6-5-7-12-33)75-60(96)47-15-10-17-81(47)62(98)43(23-49(66)86)76-52(88)37(64)16-18-102-4)51(87)77-45(27-83)58(94)79-46(28-101)59(95)72-40(20-34-24-68-38-14-9-8-13-36(34)38)55(91)74-42(22-48(65)85)56(92)80-50(32(3)84)61(97)78-44(26-82)57(93)71-31(2)63(99)100/h5-9,11-14,24-25,29-32,37,39-47,50,68,82-84,101H,10,15-23,26-28,64H2,1-4H3,(H2,65,85)(H2,66,86)(H,67,69)(H,70,89)(H,71,93)(H,72,95)(H,73,90)(H,74,91)(H,75,96)(H,76,88)(H,77,87)(H,78,97)(H,79,94)(H,80,92)(H,99,100)/t30-,31-,32+,37-,39-,40-,41-,42-,43-,44-,45-,46-,47-,50-/m0/s1. The number of rotatable bonds is 41. The number of carbonyl (C=O) groups is 15. The van der Waals surface area contributed by atoms with E-state index in [9.17, 15) is 92.3 Å². The van der Waals surface area contributed by atoms with Gasteiger partial charge in [0, 0.05) is 60.6 Å². The molecule has 0 unspecified atom stereocenters. The number of hydrogen-bond donors (Lipinski definition) is 21. The molecule has 0 bridgehead atoms. The largest absolute Gasteiger partial charge is 0.480 e. The number of primary amides is 2. The highest BCUT2D eigenvalue weighted by Crippen LogP contribution is 2.22. The number of H-pyrrole nitrogens is 2. The minimum Gasteiger partial charge on any atom is -0.480 e. The third kappa shape index (κ3) is 24.8. The van der Waals surface area contributed by atoms with Crippen LogP contribution in [0.3, 0.4) is 0 Å².